The molecule has 1 saturated carbocycles. The van der Waals surface area contributed by atoms with Crippen molar-refractivity contribution in [1.29, 1.82) is 0 Å². The van der Waals surface area contributed by atoms with Crippen molar-refractivity contribution in [3.63, 3.8) is 0 Å². The van der Waals surface area contributed by atoms with Crippen molar-refractivity contribution in [3.8, 4) is 17.3 Å². The molecule has 8 rings (SSSR count). The molecule has 226 valence electrons. The van der Waals surface area contributed by atoms with Crippen LogP contribution in [0.2, 0.25) is 0 Å². The van der Waals surface area contributed by atoms with Gasteiger partial charge in [-0.3, -0.25) is 4.99 Å². The minimum Gasteiger partial charge on any atom is -0.518 e. The normalized spacial score (nSPS) is 18.7. The van der Waals surface area contributed by atoms with Crippen molar-refractivity contribution in [2.24, 2.45) is 10.9 Å². The van der Waals surface area contributed by atoms with Crippen molar-refractivity contribution in [3.05, 3.63) is 93.7 Å². The van der Waals surface area contributed by atoms with Crippen LogP contribution in [0.1, 0.15) is 78.5 Å². The number of pyridine rings is 1. The van der Waals surface area contributed by atoms with Gasteiger partial charge in [0.25, 0.3) is 0 Å². The summed E-state index contributed by atoms with van der Waals surface area (Å²) >= 11 is 0. The molecule has 2 aromatic heterocycles. The van der Waals surface area contributed by atoms with Gasteiger partial charge in [-0.2, -0.15) is 6.07 Å². The first-order valence-electron chi connectivity index (χ1n) is 15.6. The zero-order valence-corrected chi connectivity index (χ0v) is 28.5. The van der Waals surface area contributed by atoms with Gasteiger partial charge in [0.15, 0.2) is 0 Å². The van der Waals surface area contributed by atoms with E-state index in [0.29, 0.717) is 29.9 Å². The number of aliphatic imine (C=N–C) groups is 1. The third-order valence-electron chi connectivity index (χ3n) is 10.0. The molecule has 0 bridgehead atoms. The smallest absolute Gasteiger partial charge is 0.518 e. The molecule has 0 amide bonds. The maximum Gasteiger partial charge on any atom is 2.00 e. The number of ether oxygens (including phenoxy) is 2. The molecule has 3 aromatic carbocycles. The molecule has 0 unspecified atom stereocenters. The molecule has 3 aliphatic rings. The van der Waals surface area contributed by atoms with Crippen LogP contribution in [-0.2, 0) is 31.2 Å². The summed E-state index contributed by atoms with van der Waals surface area (Å²) in [7, 11) is 0. The van der Waals surface area contributed by atoms with E-state index in [2.05, 4.69) is 88.6 Å². The van der Waals surface area contributed by atoms with Crippen LogP contribution >= 0.6 is 0 Å². The zero-order valence-electron chi connectivity index (χ0n) is 26.2. The molecule has 4 heterocycles. The maximum atomic E-state index is 6.67. The summed E-state index contributed by atoms with van der Waals surface area (Å²) in [6.45, 7) is 13.7. The topological polar surface area (TPSA) is 48.6 Å². The molecule has 5 aromatic rings. The fourth-order valence-corrected chi connectivity index (χ4v) is 7.66. The summed E-state index contributed by atoms with van der Waals surface area (Å²) in [4.78, 5) is 9.93. The zero-order chi connectivity index (χ0) is 29.6. The van der Waals surface area contributed by atoms with Crippen LogP contribution in [0.25, 0.3) is 27.6 Å². The van der Waals surface area contributed by atoms with Crippen LogP contribution in [0, 0.1) is 45.7 Å². The fourth-order valence-electron chi connectivity index (χ4n) is 7.66. The molecule has 2 aliphatic heterocycles. The minimum absolute atomic E-state index is 0. The van der Waals surface area contributed by atoms with E-state index in [-0.39, 0.29) is 32.5 Å². The van der Waals surface area contributed by atoms with Gasteiger partial charge < -0.3 is 14.0 Å². The van der Waals surface area contributed by atoms with Gasteiger partial charge in [0.2, 0.25) is 0 Å². The van der Waals surface area contributed by atoms with E-state index >= 15 is 0 Å². The summed E-state index contributed by atoms with van der Waals surface area (Å²) < 4.78 is 15.1. The Morgan fingerprint density at radius 3 is 2.45 bits per heavy atom. The van der Waals surface area contributed by atoms with E-state index < -0.39 is 0 Å². The van der Waals surface area contributed by atoms with Crippen molar-refractivity contribution in [2.45, 2.75) is 78.7 Å². The second-order valence-electron chi connectivity index (χ2n) is 13.4. The predicted octanol–water partition coefficient (Wildman–Crippen LogP) is 8.78. The van der Waals surface area contributed by atoms with E-state index in [0.717, 1.165) is 39.0 Å². The molecule has 6 heteroatoms. The fraction of sp³-hybridized carbons (Fsp3) is 0.368. The third kappa shape index (κ3) is 4.37. The Balaban J connectivity index is 0.00000312. The van der Waals surface area contributed by atoms with Gasteiger partial charge in [0.05, 0.1) is 12.6 Å². The van der Waals surface area contributed by atoms with Crippen LogP contribution in [0.3, 0.4) is 0 Å². The van der Waals surface area contributed by atoms with E-state index in [1.807, 2.05) is 12.3 Å². The van der Waals surface area contributed by atoms with Gasteiger partial charge in [-0.15, -0.1) is 28.6 Å². The van der Waals surface area contributed by atoms with Gasteiger partial charge in [-0.05, 0) is 42.7 Å². The first-order valence-corrected chi connectivity index (χ1v) is 15.6. The van der Waals surface area contributed by atoms with Crippen LogP contribution in [-0.4, -0.2) is 28.1 Å². The van der Waals surface area contributed by atoms with Crippen molar-refractivity contribution >= 4 is 27.7 Å². The molecule has 0 radical (unpaired) electrons. The quantitative estimate of drug-likeness (QED) is 0.172. The van der Waals surface area contributed by atoms with Gasteiger partial charge >= 0.3 is 21.1 Å². The van der Waals surface area contributed by atoms with Crippen LogP contribution in [0.4, 0.5) is 0 Å². The molecule has 0 spiro atoms. The van der Waals surface area contributed by atoms with Gasteiger partial charge in [0, 0.05) is 34.2 Å². The second-order valence-corrected chi connectivity index (χ2v) is 13.4. The summed E-state index contributed by atoms with van der Waals surface area (Å²) in [5, 5.41) is 2.39. The maximum absolute atomic E-state index is 6.67. The van der Waals surface area contributed by atoms with Crippen LogP contribution in [0.15, 0.2) is 47.6 Å². The standard InChI is InChI=1S/C38H37N3O2.Pt/c1-21-14-28-27-17-24(4)34(19-32(27)41-35(28)30(15-21)38(5,6)29-12-9-13-39-36(29)41)43-33-18-26(22(2)16-23(33)3)37-40-31(20-42-37)25-10-7-8-11-25;/h9,12-17,25,31H,7-8,10-11,20H2,1-6H3;/q-2;+2/t31-;/m0./s1. The van der Waals surface area contributed by atoms with Gasteiger partial charge in [0.1, 0.15) is 11.7 Å². The predicted molar refractivity (Wildman–Crippen MR) is 172 cm³/mol. The Kier molecular flexibility index (Phi) is 7.05. The van der Waals surface area contributed by atoms with Crippen molar-refractivity contribution in [1.82, 2.24) is 9.55 Å². The Labute approximate surface area is 274 Å². The molecule has 0 saturated heterocycles. The first-order chi connectivity index (χ1) is 20.7. The number of aromatic nitrogens is 2. The Bertz CT molecular complexity index is 2000. The average Bonchev–Trinajstić information content (AvgIpc) is 3.74. The van der Waals surface area contributed by atoms with E-state index in [1.165, 1.54) is 53.3 Å². The van der Waals surface area contributed by atoms with Crippen molar-refractivity contribution in [2.75, 3.05) is 6.61 Å². The van der Waals surface area contributed by atoms with Crippen LogP contribution in [0.5, 0.6) is 11.5 Å². The first kappa shape index (κ1) is 29.3. The molecule has 1 aliphatic carbocycles. The summed E-state index contributed by atoms with van der Waals surface area (Å²) in [5.41, 5.74) is 9.84. The Morgan fingerprint density at radius 1 is 0.909 bits per heavy atom. The van der Waals surface area contributed by atoms with Gasteiger partial charge in [-0.1, -0.05) is 93.9 Å². The van der Waals surface area contributed by atoms with E-state index in [4.69, 9.17) is 19.5 Å². The second kappa shape index (κ2) is 10.6. The number of hydrogen-bond acceptors (Lipinski definition) is 4. The molecular weight excluding hydrogens is 726 g/mol. The minimum atomic E-state index is -0.168. The Hall–Kier alpha value is -3.43. The average molecular weight is 763 g/mol. The number of nitrogens with zero attached hydrogens (tertiary/aromatic N) is 3. The number of aryl methyl sites for hydroxylation is 4. The third-order valence-corrected chi connectivity index (χ3v) is 10.0. The molecular formula is C38H37N3O2Pt. The number of benzene rings is 3. The number of hydrogen-bond donors (Lipinski definition) is 0. The van der Waals surface area contributed by atoms with E-state index in [9.17, 15) is 0 Å². The summed E-state index contributed by atoms with van der Waals surface area (Å²) in [5.74, 6) is 3.67. The van der Waals surface area contributed by atoms with E-state index in [1.54, 1.807) is 0 Å². The largest absolute Gasteiger partial charge is 2.00 e. The SMILES string of the molecule is Cc1cc2c3c(c1)c1cc(C)c(Oc4[c-]c(C5=N[C@H](C6CCCC6)CO5)c(C)cc4C)[c-]c1n3-c1ncccc1C2(C)C.[Pt+2]. The monoisotopic (exact) mass is 762 g/mol. The van der Waals surface area contributed by atoms with Crippen molar-refractivity contribution < 1.29 is 30.5 Å². The molecule has 1 atom stereocenters. The molecule has 44 heavy (non-hydrogen) atoms. The molecule has 5 nitrogen and oxygen atoms in total. The molecule has 0 N–H and O–H groups in total. The summed E-state index contributed by atoms with van der Waals surface area (Å²) in [6, 6.07) is 20.7. The number of fused-ring (bicyclic) bond motifs is 5. The molecule has 1 fully saturated rings. The van der Waals surface area contributed by atoms with Gasteiger partial charge in [-0.25, -0.2) is 4.98 Å². The van der Waals surface area contributed by atoms with Crippen LogP contribution < -0.4 is 4.74 Å². The summed E-state index contributed by atoms with van der Waals surface area (Å²) in [6.07, 6.45) is 7.00. The Morgan fingerprint density at radius 2 is 1.66 bits per heavy atom. The number of rotatable bonds is 4.